The smallest absolute Gasteiger partial charge is 0.0438 e. The first kappa shape index (κ1) is 16.5. The van der Waals surface area contributed by atoms with Crippen molar-refractivity contribution in [2.24, 2.45) is 11.8 Å². The van der Waals surface area contributed by atoms with Crippen molar-refractivity contribution in [3.63, 3.8) is 0 Å². The third-order valence-corrected chi connectivity index (χ3v) is 4.31. The number of hydrogen-bond donors (Lipinski definition) is 1. The van der Waals surface area contributed by atoms with Crippen LogP contribution in [0.5, 0.6) is 0 Å². The van der Waals surface area contributed by atoms with Crippen LogP contribution in [-0.4, -0.2) is 12.6 Å². The van der Waals surface area contributed by atoms with Gasteiger partial charge in [0, 0.05) is 11.1 Å². The molecule has 0 aromatic heterocycles. The molecule has 1 unspecified atom stereocenters. The van der Waals surface area contributed by atoms with Crippen LogP contribution in [0, 0.1) is 11.8 Å². The molecule has 0 saturated heterocycles. The van der Waals surface area contributed by atoms with E-state index in [4.69, 9.17) is 11.6 Å². The lowest BCUT2D eigenvalue weighted by Crippen LogP contribution is -2.33. The van der Waals surface area contributed by atoms with Crippen LogP contribution in [0.3, 0.4) is 0 Å². The highest BCUT2D eigenvalue weighted by atomic mass is 35.5. The Bertz CT molecular complexity index is 358. The highest BCUT2D eigenvalue weighted by Gasteiger charge is 2.20. The average molecular weight is 282 g/mol. The third kappa shape index (κ3) is 5.54. The molecule has 1 aromatic rings. The summed E-state index contributed by atoms with van der Waals surface area (Å²) in [5.41, 5.74) is 1.28. The van der Waals surface area contributed by atoms with Gasteiger partial charge < -0.3 is 5.32 Å². The topological polar surface area (TPSA) is 12.0 Å². The molecule has 0 bridgehead atoms. The quantitative estimate of drug-likeness (QED) is 0.712. The Morgan fingerprint density at radius 1 is 1.05 bits per heavy atom. The summed E-state index contributed by atoms with van der Waals surface area (Å²) in [5.74, 6) is 1.43. The molecule has 1 N–H and O–H groups in total. The van der Waals surface area contributed by atoms with E-state index >= 15 is 0 Å². The van der Waals surface area contributed by atoms with Crippen molar-refractivity contribution in [2.45, 2.75) is 53.0 Å². The van der Waals surface area contributed by atoms with Gasteiger partial charge in [0.15, 0.2) is 0 Å². The monoisotopic (exact) mass is 281 g/mol. The molecule has 1 atom stereocenters. The summed E-state index contributed by atoms with van der Waals surface area (Å²) in [4.78, 5) is 0. The number of rotatable bonds is 8. The van der Waals surface area contributed by atoms with Gasteiger partial charge in [0.25, 0.3) is 0 Å². The molecule has 2 heteroatoms. The van der Waals surface area contributed by atoms with Crippen LogP contribution in [0.2, 0.25) is 5.02 Å². The molecule has 1 rings (SSSR count). The lowest BCUT2D eigenvalue weighted by Gasteiger charge is -2.27. The molecular formula is C17H28ClN. The summed E-state index contributed by atoms with van der Waals surface area (Å²) in [6.07, 6.45) is 3.56. The second kappa shape index (κ2) is 8.60. The van der Waals surface area contributed by atoms with Crippen molar-refractivity contribution in [1.82, 2.24) is 5.32 Å². The molecule has 0 radical (unpaired) electrons. The molecule has 0 spiro atoms. The van der Waals surface area contributed by atoms with Crippen LogP contribution in [0.15, 0.2) is 24.3 Å². The first-order valence-electron chi connectivity index (χ1n) is 7.55. The van der Waals surface area contributed by atoms with Crippen LogP contribution in [-0.2, 0) is 6.42 Å². The van der Waals surface area contributed by atoms with E-state index in [9.17, 15) is 0 Å². The first-order chi connectivity index (χ1) is 9.08. The van der Waals surface area contributed by atoms with E-state index in [1.54, 1.807) is 0 Å². The van der Waals surface area contributed by atoms with Gasteiger partial charge in [-0.2, -0.15) is 0 Å². The zero-order chi connectivity index (χ0) is 14.3. The molecule has 0 aliphatic heterocycles. The number of hydrogen-bond acceptors (Lipinski definition) is 1. The summed E-state index contributed by atoms with van der Waals surface area (Å²) >= 11 is 6.30. The fourth-order valence-electron chi connectivity index (χ4n) is 2.69. The Morgan fingerprint density at radius 3 is 2.21 bits per heavy atom. The van der Waals surface area contributed by atoms with Gasteiger partial charge in [0.05, 0.1) is 0 Å². The van der Waals surface area contributed by atoms with Crippen molar-refractivity contribution in [3.05, 3.63) is 34.9 Å². The molecule has 0 saturated carbocycles. The van der Waals surface area contributed by atoms with Gasteiger partial charge >= 0.3 is 0 Å². The number of halogens is 1. The van der Waals surface area contributed by atoms with Crippen LogP contribution in [0.25, 0.3) is 0 Å². The second-order valence-electron chi connectivity index (χ2n) is 5.70. The fraction of sp³-hybridized carbons (Fsp3) is 0.647. The lowest BCUT2D eigenvalue weighted by molar-refractivity contribution is 0.291. The van der Waals surface area contributed by atoms with Crippen molar-refractivity contribution in [1.29, 1.82) is 0 Å². The van der Waals surface area contributed by atoms with E-state index in [0.29, 0.717) is 12.0 Å². The zero-order valence-electron chi connectivity index (χ0n) is 12.7. The van der Waals surface area contributed by atoms with E-state index < -0.39 is 0 Å². The van der Waals surface area contributed by atoms with E-state index in [-0.39, 0.29) is 0 Å². The normalized spacial score (nSPS) is 13.2. The maximum absolute atomic E-state index is 6.30. The van der Waals surface area contributed by atoms with Crippen LogP contribution >= 0.6 is 11.6 Å². The summed E-state index contributed by atoms with van der Waals surface area (Å²) in [5, 5.41) is 4.50. The largest absolute Gasteiger partial charge is 0.314 e. The van der Waals surface area contributed by atoms with Crippen molar-refractivity contribution in [2.75, 3.05) is 6.54 Å². The predicted molar refractivity (Wildman–Crippen MR) is 85.9 cm³/mol. The minimum absolute atomic E-state index is 0.545. The molecule has 108 valence electrons. The van der Waals surface area contributed by atoms with E-state index in [1.165, 1.54) is 18.4 Å². The number of nitrogens with one attached hydrogen (secondary N) is 1. The Morgan fingerprint density at radius 2 is 1.68 bits per heavy atom. The molecule has 1 nitrogen and oxygen atoms in total. The molecule has 0 amide bonds. The SMILES string of the molecule is CCC(CC)C(CNC(C)C)Cc1ccccc1Cl. The Hall–Kier alpha value is -0.530. The molecule has 0 aliphatic carbocycles. The van der Waals surface area contributed by atoms with Gasteiger partial charge in [-0.05, 0) is 36.4 Å². The highest BCUT2D eigenvalue weighted by molar-refractivity contribution is 6.31. The highest BCUT2D eigenvalue weighted by Crippen LogP contribution is 2.26. The fourth-order valence-corrected chi connectivity index (χ4v) is 2.91. The van der Waals surface area contributed by atoms with Crippen LogP contribution in [0.4, 0.5) is 0 Å². The Labute approximate surface area is 123 Å². The van der Waals surface area contributed by atoms with E-state index in [2.05, 4.69) is 45.1 Å². The van der Waals surface area contributed by atoms with Crippen molar-refractivity contribution >= 4 is 11.6 Å². The maximum atomic E-state index is 6.30. The standard InChI is InChI=1S/C17H28ClN/c1-5-14(6-2)16(12-19-13(3)4)11-15-9-7-8-10-17(15)18/h7-10,13-14,16,19H,5-6,11-12H2,1-4H3. The van der Waals surface area contributed by atoms with Gasteiger partial charge in [-0.25, -0.2) is 0 Å². The first-order valence-corrected chi connectivity index (χ1v) is 7.93. The molecule has 1 aromatic carbocycles. The molecule has 0 fully saturated rings. The summed E-state index contributed by atoms with van der Waals surface area (Å²) in [6, 6.07) is 8.79. The summed E-state index contributed by atoms with van der Waals surface area (Å²) in [7, 11) is 0. The molecule has 0 heterocycles. The summed E-state index contributed by atoms with van der Waals surface area (Å²) in [6.45, 7) is 10.1. The zero-order valence-corrected chi connectivity index (χ0v) is 13.5. The van der Waals surface area contributed by atoms with Crippen LogP contribution < -0.4 is 5.32 Å². The molecule has 0 aliphatic rings. The molecule has 19 heavy (non-hydrogen) atoms. The summed E-state index contributed by atoms with van der Waals surface area (Å²) < 4.78 is 0. The minimum atomic E-state index is 0.545. The van der Waals surface area contributed by atoms with Crippen LogP contribution in [0.1, 0.15) is 46.1 Å². The second-order valence-corrected chi connectivity index (χ2v) is 6.10. The maximum Gasteiger partial charge on any atom is 0.0438 e. The molecular weight excluding hydrogens is 254 g/mol. The van der Waals surface area contributed by atoms with Gasteiger partial charge in [-0.1, -0.05) is 70.3 Å². The van der Waals surface area contributed by atoms with Crippen molar-refractivity contribution < 1.29 is 0 Å². The van der Waals surface area contributed by atoms with Gasteiger partial charge in [-0.15, -0.1) is 0 Å². The van der Waals surface area contributed by atoms with Gasteiger partial charge in [0.2, 0.25) is 0 Å². The minimum Gasteiger partial charge on any atom is -0.314 e. The van der Waals surface area contributed by atoms with Gasteiger partial charge in [-0.3, -0.25) is 0 Å². The Kier molecular flexibility index (Phi) is 7.48. The van der Waals surface area contributed by atoms with Crippen molar-refractivity contribution in [3.8, 4) is 0 Å². The van der Waals surface area contributed by atoms with E-state index in [1.807, 2.05) is 12.1 Å². The predicted octanol–water partition coefficient (Wildman–Crippen LogP) is 4.93. The van der Waals surface area contributed by atoms with Gasteiger partial charge in [0.1, 0.15) is 0 Å². The third-order valence-electron chi connectivity index (χ3n) is 3.94. The average Bonchev–Trinajstić information content (AvgIpc) is 2.39. The van der Waals surface area contributed by atoms with E-state index in [0.717, 1.165) is 23.9 Å². The Balaban J connectivity index is 2.75. The lowest BCUT2D eigenvalue weighted by atomic mass is 9.83. The number of benzene rings is 1.